The zero-order valence-corrected chi connectivity index (χ0v) is 13.9. The van der Waals surface area contributed by atoms with E-state index in [0.29, 0.717) is 6.54 Å². The SMILES string of the molecule is Cc1cc2nc(-c3ccc(Cl)cc3)n(C(C)CN)c2cc1C. The van der Waals surface area contributed by atoms with Crippen LogP contribution in [0, 0.1) is 13.8 Å². The van der Waals surface area contributed by atoms with Gasteiger partial charge in [0.1, 0.15) is 5.82 Å². The molecule has 0 radical (unpaired) electrons. The summed E-state index contributed by atoms with van der Waals surface area (Å²) in [6, 6.07) is 12.3. The van der Waals surface area contributed by atoms with Gasteiger partial charge in [0, 0.05) is 23.2 Å². The maximum absolute atomic E-state index is 6.00. The van der Waals surface area contributed by atoms with Crippen LogP contribution in [-0.4, -0.2) is 16.1 Å². The average molecular weight is 314 g/mol. The van der Waals surface area contributed by atoms with Crippen molar-refractivity contribution >= 4 is 22.6 Å². The minimum absolute atomic E-state index is 0.179. The van der Waals surface area contributed by atoms with E-state index in [2.05, 4.69) is 37.5 Å². The second-order valence-electron chi connectivity index (χ2n) is 5.82. The van der Waals surface area contributed by atoms with Gasteiger partial charge in [-0.25, -0.2) is 4.98 Å². The van der Waals surface area contributed by atoms with Crippen LogP contribution in [0.5, 0.6) is 0 Å². The van der Waals surface area contributed by atoms with Gasteiger partial charge in [0.15, 0.2) is 0 Å². The van der Waals surface area contributed by atoms with Gasteiger partial charge in [0.25, 0.3) is 0 Å². The second kappa shape index (κ2) is 5.75. The summed E-state index contributed by atoms with van der Waals surface area (Å²) in [6.07, 6.45) is 0. The summed E-state index contributed by atoms with van der Waals surface area (Å²) in [7, 11) is 0. The Morgan fingerprint density at radius 3 is 2.41 bits per heavy atom. The van der Waals surface area contributed by atoms with Crippen LogP contribution in [0.4, 0.5) is 0 Å². The first-order chi connectivity index (χ1) is 10.5. The fourth-order valence-corrected chi connectivity index (χ4v) is 2.83. The minimum Gasteiger partial charge on any atom is -0.328 e. The molecule has 3 nitrogen and oxygen atoms in total. The maximum atomic E-state index is 6.00. The molecule has 4 heteroatoms. The summed E-state index contributed by atoms with van der Waals surface area (Å²) in [4.78, 5) is 4.85. The van der Waals surface area contributed by atoms with Crippen molar-refractivity contribution in [2.45, 2.75) is 26.8 Å². The van der Waals surface area contributed by atoms with Gasteiger partial charge in [-0.1, -0.05) is 11.6 Å². The molecule has 1 atom stereocenters. The molecule has 0 aliphatic carbocycles. The van der Waals surface area contributed by atoms with Crippen LogP contribution in [0.2, 0.25) is 5.02 Å². The summed E-state index contributed by atoms with van der Waals surface area (Å²) in [5.74, 6) is 0.939. The largest absolute Gasteiger partial charge is 0.328 e. The third-order valence-corrected chi connectivity index (χ3v) is 4.44. The quantitative estimate of drug-likeness (QED) is 0.774. The number of hydrogen-bond acceptors (Lipinski definition) is 2. The molecule has 22 heavy (non-hydrogen) atoms. The molecule has 0 saturated heterocycles. The fourth-order valence-electron chi connectivity index (χ4n) is 2.70. The number of hydrogen-bond donors (Lipinski definition) is 1. The van der Waals surface area contributed by atoms with Crippen LogP contribution in [0.3, 0.4) is 0 Å². The summed E-state index contributed by atoms with van der Waals surface area (Å²) in [6.45, 7) is 6.93. The van der Waals surface area contributed by atoms with Gasteiger partial charge in [0.05, 0.1) is 11.0 Å². The lowest BCUT2D eigenvalue weighted by Gasteiger charge is -2.16. The zero-order valence-electron chi connectivity index (χ0n) is 13.1. The summed E-state index contributed by atoms with van der Waals surface area (Å²) < 4.78 is 2.23. The molecule has 0 spiro atoms. The molecule has 3 aromatic rings. The average Bonchev–Trinajstić information content (AvgIpc) is 2.86. The van der Waals surface area contributed by atoms with Crippen LogP contribution in [0.25, 0.3) is 22.4 Å². The number of nitrogens with zero attached hydrogens (tertiary/aromatic N) is 2. The highest BCUT2D eigenvalue weighted by atomic mass is 35.5. The molecule has 1 unspecified atom stereocenters. The normalized spacial score (nSPS) is 12.8. The Hall–Kier alpha value is -1.84. The number of aryl methyl sites for hydroxylation is 2. The lowest BCUT2D eigenvalue weighted by Crippen LogP contribution is -2.17. The summed E-state index contributed by atoms with van der Waals surface area (Å²) in [5.41, 5.74) is 11.6. The van der Waals surface area contributed by atoms with E-state index in [4.69, 9.17) is 22.3 Å². The van der Waals surface area contributed by atoms with Gasteiger partial charge < -0.3 is 10.3 Å². The van der Waals surface area contributed by atoms with Crippen LogP contribution >= 0.6 is 11.6 Å². The molecule has 2 aromatic carbocycles. The topological polar surface area (TPSA) is 43.8 Å². The molecule has 2 N–H and O–H groups in total. The lowest BCUT2D eigenvalue weighted by molar-refractivity contribution is 0.578. The highest BCUT2D eigenvalue weighted by Gasteiger charge is 2.17. The Kier molecular flexibility index (Phi) is 3.94. The van der Waals surface area contributed by atoms with Crippen molar-refractivity contribution in [3.05, 3.63) is 52.5 Å². The summed E-state index contributed by atoms with van der Waals surface area (Å²) >= 11 is 6.00. The molecule has 1 aromatic heterocycles. The van der Waals surface area contributed by atoms with Gasteiger partial charge in [-0.3, -0.25) is 0 Å². The highest BCUT2D eigenvalue weighted by Crippen LogP contribution is 2.30. The maximum Gasteiger partial charge on any atom is 0.141 e. The molecular formula is C18H20ClN3. The molecule has 114 valence electrons. The molecule has 0 bridgehead atoms. The van der Waals surface area contributed by atoms with Crippen molar-refractivity contribution in [3.63, 3.8) is 0 Å². The lowest BCUT2D eigenvalue weighted by atomic mass is 10.1. The number of aromatic nitrogens is 2. The number of rotatable bonds is 3. The van der Waals surface area contributed by atoms with Crippen LogP contribution in [0.15, 0.2) is 36.4 Å². The standard InChI is InChI=1S/C18H20ClN3/c1-11-8-16-17(9-12(11)2)22(13(3)10-20)18(21-16)14-4-6-15(19)7-5-14/h4-9,13H,10,20H2,1-3H3. The van der Waals surface area contributed by atoms with Crippen LogP contribution in [0.1, 0.15) is 24.1 Å². The van der Waals surface area contributed by atoms with Gasteiger partial charge in [-0.15, -0.1) is 0 Å². The number of fused-ring (bicyclic) bond motifs is 1. The van der Waals surface area contributed by atoms with Crippen LogP contribution < -0.4 is 5.73 Å². The van der Waals surface area contributed by atoms with E-state index in [1.807, 2.05) is 24.3 Å². The Morgan fingerprint density at radius 2 is 1.77 bits per heavy atom. The van der Waals surface area contributed by atoms with Crippen molar-refractivity contribution < 1.29 is 0 Å². The number of halogens is 1. The first-order valence-electron chi connectivity index (χ1n) is 7.46. The van der Waals surface area contributed by atoms with Gasteiger partial charge in [-0.05, 0) is 68.3 Å². The Morgan fingerprint density at radius 1 is 1.14 bits per heavy atom. The Balaban J connectivity index is 2.30. The minimum atomic E-state index is 0.179. The highest BCUT2D eigenvalue weighted by molar-refractivity contribution is 6.30. The fraction of sp³-hybridized carbons (Fsp3) is 0.278. The second-order valence-corrected chi connectivity index (χ2v) is 6.26. The molecule has 0 aliphatic rings. The molecule has 3 rings (SSSR count). The van der Waals surface area contributed by atoms with E-state index in [9.17, 15) is 0 Å². The van der Waals surface area contributed by atoms with E-state index in [0.717, 1.165) is 27.4 Å². The van der Waals surface area contributed by atoms with Crippen molar-refractivity contribution in [1.82, 2.24) is 9.55 Å². The van der Waals surface area contributed by atoms with Crippen LogP contribution in [-0.2, 0) is 0 Å². The molecule has 0 amide bonds. The van der Waals surface area contributed by atoms with Gasteiger partial charge in [0.2, 0.25) is 0 Å². The van der Waals surface area contributed by atoms with Gasteiger partial charge in [-0.2, -0.15) is 0 Å². The van der Waals surface area contributed by atoms with E-state index in [1.54, 1.807) is 0 Å². The first kappa shape index (κ1) is 15.1. The predicted octanol–water partition coefficient (Wildman–Crippen LogP) is 4.49. The molecular weight excluding hydrogens is 294 g/mol. The molecule has 1 heterocycles. The number of imidazole rings is 1. The van der Waals surface area contributed by atoms with E-state index >= 15 is 0 Å². The Bertz CT molecular complexity index is 818. The van der Waals surface area contributed by atoms with Crippen molar-refractivity contribution in [2.75, 3.05) is 6.54 Å². The monoisotopic (exact) mass is 313 g/mol. The molecule has 0 aliphatic heterocycles. The molecule has 0 fully saturated rings. The van der Waals surface area contributed by atoms with Gasteiger partial charge >= 0.3 is 0 Å². The van der Waals surface area contributed by atoms with Crippen molar-refractivity contribution in [1.29, 1.82) is 0 Å². The smallest absolute Gasteiger partial charge is 0.141 e. The first-order valence-corrected chi connectivity index (χ1v) is 7.84. The molecule has 0 saturated carbocycles. The number of nitrogens with two attached hydrogens (primary N) is 1. The summed E-state index contributed by atoms with van der Waals surface area (Å²) in [5, 5.41) is 0.727. The van der Waals surface area contributed by atoms with E-state index in [-0.39, 0.29) is 6.04 Å². The van der Waals surface area contributed by atoms with E-state index < -0.39 is 0 Å². The third kappa shape index (κ3) is 2.51. The zero-order chi connectivity index (χ0) is 15.9. The third-order valence-electron chi connectivity index (χ3n) is 4.19. The predicted molar refractivity (Wildman–Crippen MR) is 93.4 cm³/mol. The van der Waals surface area contributed by atoms with Crippen molar-refractivity contribution in [3.8, 4) is 11.4 Å². The van der Waals surface area contributed by atoms with Crippen molar-refractivity contribution in [2.24, 2.45) is 5.73 Å². The number of benzene rings is 2. The van der Waals surface area contributed by atoms with E-state index in [1.165, 1.54) is 11.1 Å². The Labute approximate surface area is 135 Å².